The molecule has 2 rings (SSSR count). The number of carboxylic acids is 1. The third-order valence-corrected chi connectivity index (χ3v) is 3.62. The minimum atomic E-state index is -0.971. The van der Waals surface area contributed by atoms with Crippen LogP contribution in [0.3, 0.4) is 0 Å². The molecule has 19 heavy (non-hydrogen) atoms. The van der Waals surface area contributed by atoms with Crippen molar-refractivity contribution in [1.29, 1.82) is 0 Å². The summed E-state index contributed by atoms with van der Waals surface area (Å²) < 4.78 is 0.831. The molecule has 1 aliphatic rings. The molecule has 1 aromatic rings. The first-order chi connectivity index (χ1) is 8.99. The number of carboxylic acid groups (broad SMARTS) is 1. The largest absolute Gasteiger partial charge is 0.481 e. The predicted molar refractivity (Wildman–Crippen MR) is 70.5 cm³/mol. The van der Waals surface area contributed by atoms with Gasteiger partial charge in [0.05, 0.1) is 5.92 Å². The second-order valence-electron chi connectivity index (χ2n) is 4.39. The minimum Gasteiger partial charge on any atom is -0.481 e. The number of imide groups is 1. The molecule has 0 spiro atoms. The zero-order chi connectivity index (χ0) is 14.0. The number of aliphatic carboxylic acids is 1. The van der Waals surface area contributed by atoms with E-state index in [1.165, 1.54) is 0 Å². The highest BCUT2D eigenvalue weighted by Gasteiger charge is 2.33. The molecule has 2 amide bonds. The van der Waals surface area contributed by atoms with Crippen molar-refractivity contribution in [3.63, 3.8) is 0 Å². The Labute approximate surface area is 118 Å². The van der Waals surface area contributed by atoms with Gasteiger partial charge in [0.15, 0.2) is 0 Å². The molecular weight excluding hydrogens is 314 g/mol. The number of carbonyl (C=O) groups excluding carboxylic acids is 2. The molecule has 1 aliphatic heterocycles. The third kappa shape index (κ3) is 3.01. The fourth-order valence-corrected chi connectivity index (χ4v) is 2.26. The normalized spacial score (nSPS) is 19.3. The van der Waals surface area contributed by atoms with Gasteiger partial charge in [-0.15, -0.1) is 0 Å². The Morgan fingerprint density at radius 3 is 2.47 bits per heavy atom. The maximum Gasteiger partial charge on any atom is 0.308 e. The van der Waals surface area contributed by atoms with Gasteiger partial charge in [0.25, 0.3) is 5.91 Å². The van der Waals surface area contributed by atoms with Gasteiger partial charge in [-0.3, -0.25) is 19.3 Å². The third-order valence-electron chi connectivity index (χ3n) is 3.10. The van der Waals surface area contributed by atoms with Crippen molar-refractivity contribution in [2.45, 2.75) is 12.8 Å². The number of benzene rings is 1. The number of amides is 2. The Morgan fingerprint density at radius 1 is 1.26 bits per heavy atom. The molecule has 1 fully saturated rings. The van der Waals surface area contributed by atoms with Crippen LogP contribution in [0.25, 0.3) is 0 Å². The Balaban J connectivity index is 2.19. The highest BCUT2D eigenvalue weighted by atomic mass is 79.9. The highest BCUT2D eigenvalue weighted by Crippen LogP contribution is 2.20. The number of carbonyl (C=O) groups is 3. The molecule has 1 saturated heterocycles. The maximum atomic E-state index is 12.2. The van der Waals surface area contributed by atoms with Crippen LogP contribution < -0.4 is 0 Å². The summed E-state index contributed by atoms with van der Waals surface area (Å²) >= 11 is 3.26. The van der Waals surface area contributed by atoms with E-state index in [-0.39, 0.29) is 25.3 Å². The summed E-state index contributed by atoms with van der Waals surface area (Å²) in [5.74, 6) is -2.40. The lowest BCUT2D eigenvalue weighted by atomic mass is 9.97. The number of nitrogens with zero attached hydrogens (tertiary/aromatic N) is 1. The molecule has 1 aromatic carbocycles. The molecule has 1 N–H and O–H groups in total. The van der Waals surface area contributed by atoms with Crippen LogP contribution in [0, 0.1) is 5.92 Å². The molecule has 5 nitrogen and oxygen atoms in total. The fourth-order valence-electron chi connectivity index (χ4n) is 1.99. The van der Waals surface area contributed by atoms with Crippen molar-refractivity contribution < 1.29 is 19.5 Å². The Morgan fingerprint density at radius 2 is 1.89 bits per heavy atom. The van der Waals surface area contributed by atoms with Gasteiger partial charge < -0.3 is 5.11 Å². The van der Waals surface area contributed by atoms with Crippen LogP contribution in [0.4, 0.5) is 0 Å². The summed E-state index contributed by atoms with van der Waals surface area (Å²) in [5, 5.41) is 8.98. The van der Waals surface area contributed by atoms with Gasteiger partial charge in [0.2, 0.25) is 5.91 Å². The topological polar surface area (TPSA) is 74.7 Å². The van der Waals surface area contributed by atoms with E-state index in [4.69, 9.17) is 5.11 Å². The number of hydrogen-bond donors (Lipinski definition) is 1. The van der Waals surface area contributed by atoms with E-state index in [0.717, 1.165) is 9.37 Å². The summed E-state index contributed by atoms with van der Waals surface area (Å²) in [4.78, 5) is 35.9. The molecule has 0 radical (unpaired) electrons. The van der Waals surface area contributed by atoms with Gasteiger partial charge in [-0.05, 0) is 30.7 Å². The zero-order valence-electron chi connectivity index (χ0n) is 10.0. The quantitative estimate of drug-likeness (QED) is 0.843. The highest BCUT2D eigenvalue weighted by molar-refractivity contribution is 9.10. The monoisotopic (exact) mass is 325 g/mol. The second-order valence-corrected chi connectivity index (χ2v) is 5.31. The SMILES string of the molecule is O=C(O)C1CCC(=O)N(C(=O)c2ccc(Br)cc2)C1. The lowest BCUT2D eigenvalue weighted by Gasteiger charge is -2.29. The van der Waals surface area contributed by atoms with Gasteiger partial charge in [0.1, 0.15) is 0 Å². The molecule has 100 valence electrons. The summed E-state index contributed by atoms with van der Waals surface area (Å²) in [6.45, 7) is -0.0525. The summed E-state index contributed by atoms with van der Waals surface area (Å²) in [6.07, 6.45) is 0.386. The Hall–Kier alpha value is -1.69. The molecule has 0 bridgehead atoms. The van der Waals surface area contributed by atoms with Crippen molar-refractivity contribution in [3.8, 4) is 0 Å². The molecular formula is C13H12BrNO4. The summed E-state index contributed by atoms with van der Waals surface area (Å²) in [5.41, 5.74) is 0.377. The molecule has 1 heterocycles. The van der Waals surface area contributed by atoms with Crippen LogP contribution in [0.2, 0.25) is 0 Å². The Bertz CT molecular complexity index is 526. The number of likely N-dealkylation sites (tertiary alicyclic amines) is 1. The average molecular weight is 326 g/mol. The molecule has 1 unspecified atom stereocenters. The smallest absolute Gasteiger partial charge is 0.308 e. The van der Waals surface area contributed by atoms with Crippen molar-refractivity contribution in [1.82, 2.24) is 4.90 Å². The van der Waals surface area contributed by atoms with E-state index in [2.05, 4.69) is 15.9 Å². The first-order valence-corrected chi connectivity index (χ1v) is 6.61. The van der Waals surface area contributed by atoms with Crippen molar-refractivity contribution in [3.05, 3.63) is 34.3 Å². The van der Waals surface area contributed by atoms with Crippen molar-refractivity contribution in [2.24, 2.45) is 5.92 Å². The predicted octanol–water partition coefficient (Wildman–Crippen LogP) is 1.91. The maximum absolute atomic E-state index is 12.2. The van der Waals surface area contributed by atoms with Crippen LogP contribution in [-0.4, -0.2) is 34.3 Å². The number of rotatable bonds is 2. The average Bonchev–Trinajstić information content (AvgIpc) is 2.39. The van der Waals surface area contributed by atoms with Crippen LogP contribution in [0.15, 0.2) is 28.7 Å². The molecule has 1 atom stereocenters. The molecule has 0 saturated carbocycles. The van der Waals surface area contributed by atoms with Gasteiger partial charge in [-0.1, -0.05) is 15.9 Å². The lowest BCUT2D eigenvalue weighted by Crippen LogP contribution is -2.45. The minimum absolute atomic E-state index is 0.0525. The van der Waals surface area contributed by atoms with Crippen LogP contribution in [0.1, 0.15) is 23.2 Å². The van der Waals surface area contributed by atoms with Crippen LogP contribution in [0.5, 0.6) is 0 Å². The standard InChI is InChI=1S/C13H12BrNO4/c14-10-4-1-8(2-5-10)12(17)15-7-9(13(18)19)3-6-11(15)16/h1-2,4-5,9H,3,6-7H2,(H,18,19). The van der Waals surface area contributed by atoms with E-state index in [9.17, 15) is 14.4 Å². The number of hydrogen-bond acceptors (Lipinski definition) is 3. The van der Waals surface area contributed by atoms with Gasteiger partial charge in [0, 0.05) is 23.0 Å². The van der Waals surface area contributed by atoms with Crippen molar-refractivity contribution in [2.75, 3.05) is 6.54 Å². The number of halogens is 1. The summed E-state index contributed by atoms with van der Waals surface area (Å²) in [6, 6.07) is 6.61. The summed E-state index contributed by atoms with van der Waals surface area (Å²) in [7, 11) is 0. The first kappa shape index (κ1) is 13.7. The first-order valence-electron chi connectivity index (χ1n) is 5.82. The van der Waals surface area contributed by atoms with Gasteiger partial charge in [-0.25, -0.2) is 0 Å². The second kappa shape index (κ2) is 5.52. The lowest BCUT2D eigenvalue weighted by molar-refractivity contribution is -0.145. The van der Waals surface area contributed by atoms with E-state index in [1.807, 2.05) is 0 Å². The van der Waals surface area contributed by atoms with E-state index in [0.29, 0.717) is 5.56 Å². The number of piperidine rings is 1. The van der Waals surface area contributed by atoms with E-state index in [1.54, 1.807) is 24.3 Å². The van der Waals surface area contributed by atoms with E-state index < -0.39 is 17.8 Å². The molecule has 0 aromatic heterocycles. The van der Waals surface area contributed by atoms with Gasteiger partial charge in [-0.2, -0.15) is 0 Å². The Kier molecular flexibility index (Phi) is 3.99. The molecule has 0 aliphatic carbocycles. The zero-order valence-corrected chi connectivity index (χ0v) is 11.6. The fraction of sp³-hybridized carbons (Fsp3) is 0.308. The van der Waals surface area contributed by atoms with Crippen molar-refractivity contribution >= 4 is 33.7 Å². The molecule has 6 heteroatoms. The van der Waals surface area contributed by atoms with Crippen LogP contribution >= 0.6 is 15.9 Å². The van der Waals surface area contributed by atoms with Gasteiger partial charge >= 0.3 is 5.97 Å². The van der Waals surface area contributed by atoms with E-state index >= 15 is 0 Å². The van der Waals surface area contributed by atoms with Crippen LogP contribution in [-0.2, 0) is 9.59 Å².